The second-order valence-electron chi connectivity index (χ2n) is 7.47. The van der Waals surface area contributed by atoms with E-state index in [0.29, 0.717) is 11.7 Å². The van der Waals surface area contributed by atoms with Crippen molar-refractivity contribution in [2.45, 2.75) is 32.4 Å². The molecule has 2 aliphatic rings. The molecule has 0 aliphatic carbocycles. The lowest BCUT2D eigenvalue weighted by Gasteiger charge is -2.46. The number of aromatic nitrogens is 2. The second kappa shape index (κ2) is 6.85. The van der Waals surface area contributed by atoms with Crippen LogP contribution in [0.25, 0.3) is 11.3 Å². The van der Waals surface area contributed by atoms with Gasteiger partial charge in [-0.15, -0.1) is 10.2 Å². The Hall–Kier alpha value is -2.18. The Balaban J connectivity index is 1.62. The summed E-state index contributed by atoms with van der Waals surface area (Å²) >= 11 is 0. The van der Waals surface area contributed by atoms with E-state index in [9.17, 15) is 5.11 Å². The van der Waals surface area contributed by atoms with Gasteiger partial charge in [0.05, 0.1) is 24.4 Å². The summed E-state index contributed by atoms with van der Waals surface area (Å²) in [6.45, 7) is 7.57. The molecule has 138 valence electrons. The molecule has 26 heavy (non-hydrogen) atoms. The molecule has 6 nitrogen and oxygen atoms in total. The van der Waals surface area contributed by atoms with Crippen LogP contribution in [0.5, 0.6) is 5.75 Å². The van der Waals surface area contributed by atoms with Crippen LogP contribution in [0.3, 0.4) is 0 Å². The van der Waals surface area contributed by atoms with Gasteiger partial charge in [0.25, 0.3) is 0 Å². The number of nitrogens with zero attached hydrogens (tertiary/aromatic N) is 4. The predicted octanol–water partition coefficient (Wildman–Crippen LogP) is 2.38. The monoisotopic (exact) mass is 354 g/mol. The van der Waals surface area contributed by atoms with E-state index in [1.165, 1.54) is 0 Å². The van der Waals surface area contributed by atoms with Crippen LogP contribution in [0, 0.1) is 13.8 Å². The molecule has 1 aromatic carbocycles. The quantitative estimate of drug-likeness (QED) is 0.893. The number of ether oxygens (including phenoxy) is 1. The van der Waals surface area contributed by atoms with Gasteiger partial charge in [-0.3, -0.25) is 0 Å². The third-order valence-corrected chi connectivity index (χ3v) is 5.45. The molecule has 0 bridgehead atoms. The number of phenolic OH excluding ortho intramolecular Hbond substituents is 1. The number of rotatable bonds is 2. The van der Waals surface area contributed by atoms with E-state index in [1.54, 1.807) is 6.07 Å². The molecule has 3 heterocycles. The Morgan fingerprint density at radius 2 is 2.00 bits per heavy atom. The number of benzene rings is 1. The minimum absolute atomic E-state index is 0.255. The molecule has 2 unspecified atom stereocenters. The number of likely N-dealkylation sites (N-methyl/N-ethyl adjacent to an activating group) is 1. The van der Waals surface area contributed by atoms with E-state index >= 15 is 0 Å². The first kappa shape index (κ1) is 17.2. The lowest BCUT2D eigenvalue weighted by molar-refractivity contribution is -0.0246. The SMILES string of the molecule is Cc1cc(C)c(-c2ccc(N3CCOC4CCN(C)CC43)nn2)c(O)c1. The first-order valence-corrected chi connectivity index (χ1v) is 9.24. The van der Waals surface area contributed by atoms with Crippen LogP contribution in [-0.2, 0) is 4.74 Å². The Morgan fingerprint density at radius 1 is 1.15 bits per heavy atom. The summed E-state index contributed by atoms with van der Waals surface area (Å²) in [5, 5.41) is 19.2. The van der Waals surface area contributed by atoms with Crippen molar-refractivity contribution >= 4 is 5.82 Å². The Morgan fingerprint density at radius 3 is 2.73 bits per heavy atom. The van der Waals surface area contributed by atoms with Crippen molar-refractivity contribution < 1.29 is 9.84 Å². The number of morpholine rings is 1. The maximum absolute atomic E-state index is 10.3. The van der Waals surface area contributed by atoms with Gasteiger partial charge in [-0.25, -0.2) is 0 Å². The minimum atomic E-state index is 0.255. The van der Waals surface area contributed by atoms with Gasteiger partial charge >= 0.3 is 0 Å². The van der Waals surface area contributed by atoms with Gasteiger partial charge in [-0.1, -0.05) is 6.07 Å². The van der Waals surface area contributed by atoms with Gasteiger partial charge in [-0.05, 0) is 56.6 Å². The third kappa shape index (κ3) is 3.15. The van der Waals surface area contributed by atoms with E-state index in [0.717, 1.165) is 55.2 Å². The highest BCUT2D eigenvalue weighted by Crippen LogP contribution is 2.33. The number of piperidine rings is 1. The lowest BCUT2D eigenvalue weighted by Crippen LogP contribution is -2.59. The zero-order valence-electron chi connectivity index (χ0n) is 15.6. The number of hydrogen-bond donors (Lipinski definition) is 1. The van der Waals surface area contributed by atoms with Gasteiger partial charge in [0.1, 0.15) is 5.75 Å². The number of phenols is 1. The fourth-order valence-electron chi connectivity index (χ4n) is 4.20. The van der Waals surface area contributed by atoms with Gasteiger partial charge in [0, 0.05) is 25.2 Å². The molecule has 0 radical (unpaired) electrons. The van der Waals surface area contributed by atoms with E-state index in [4.69, 9.17) is 4.74 Å². The molecular weight excluding hydrogens is 328 g/mol. The zero-order valence-corrected chi connectivity index (χ0v) is 15.6. The molecule has 2 fully saturated rings. The van der Waals surface area contributed by atoms with Gasteiger partial charge in [0.15, 0.2) is 5.82 Å². The van der Waals surface area contributed by atoms with Crippen LogP contribution in [-0.4, -0.2) is 65.6 Å². The summed E-state index contributed by atoms with van der Waals surface area (Å²) in [6, 6.07) is 8.10. The maximum atomic E-state index is 10.3. The molecule has 2 atom stereocenters. The van der Waals surface area contributed by atoms with Gasteiger partial charge in [-0.2, -0.15) is 0 Å². The highest BCUT2D eigenvalue weighted by Gasteiger charge is 2.36. The summed E-state index contributed by atoms with van der Waals surface area (Å²) < 4.78 is 5.97. The number of likely N-dealkylation sites (tertiary alicyclic amines) is 1. The molecule has 0 saturated carbocycles. The first-order chi connectivity index (χ1) is 12.5. The molecule has 0 amide bonds. The number of fused-ring (bicyclic) bond motifs is 1. The molecule has 2 aromatic rings. The average Bonchev–Trinajstić information content (AvgIpc) is 2.61. The van der Waals surface area contributed by atoms with Crippen LogP contribution in [0.2, 0.25) is 0 Å². The Bertz CT molecular complexity index is 770. The van der Waals surface area contributed by atoms with Crippen molar-refractivity contribution in [2.75, 3.05) is 38.2 Å². The topological polar surface area (TPSA) is 61.7 Å². The van der Waals surface area contributed by atoms with Crippen molar-refractivity contribution in [3.63, 3.8) is 0 Å². The lowest BCUT2D eigenvalue weighted by atomic mass is 9.99. The number of aromatic hydroxyl groups is 1. The van der Waals surface area contributed by atoms with Crippen molar-refractivity contribution in [2.24, 2.45) is 0 Å². The largest absolute Gasteiger partial charge is 0.507 e. The number of hydrogen-bond acceptors (Lipinski definition) is 6. The molecule has 4 rings (SSSR count). The van der Waals surface area contributed by atoms with Crippen molar-refractivity contribution in [3.05, 3.63) is 35.4 Å². The Labute approximate surface area is 154 Å². The van der Waals surface area contributed by atoms with Crippen molar-refractivity contribution in [1.82, 2.24) is 15.1 Å². The first-order valence-electron chi connectivity index (χ1n) is 9.24. The highest BCUT2D eigenvalue weighted by molar-refractivity contribution is 5.71. The Kier molecular flexibility index (Phi) is 4.54. The summed E-state index contributed by atoms with van der Waals surface area (Å²) in [4.78, 5) is 4.67. The molecule has 1 aromatic heterocycles. The van der Waals surface area contributed by atoms with Crippen LogP contribution in [0.4, 0.5) is 5.82 Å². The van der Waals surface area contributed by atoms with Crippen molar-refractivity contribution in [1.29, 1.82) is 0 Å². The van der Waals surface area contributed by atoms with E-state index in [2.05, 4.69) is 33.1 Å². The molecule has 6 heteroatoms. The summed E-state index contributed by atoms with van der Waals surface area (Å²) in [6.07, 6.45) is 1.32. The molecule has 0 spiro atoms. The van der Waals surface area contributed by atoms with Crippen LogP contribution in [0.1, 0.15) is 17.5 Å². The average molecular weight is 354 g/mol. The number of anilines is 1. The van der Waals surface area contributed by atoms with Gasteiger partial charge in [0.2, 0.25) is 0 Å². The summed E-state index contributed by atoms with van der Waals surface area (Å²) in [7, 11) is 2.15. The van der Waals surface area contributed by atoms with E-state index < -0.39 is 0 Å². The molecule has 1 N–H and O–H groups in total. The predicted molar refractivity (Wildman–Crippen MR) is 102 cm³/mol. The number of aryl methyl sites for hydroxylation is 2. The smallest absolute Gasteiger partial charge is 0.151 e. The fourth-order valence-corrected chi connectivity index (χ4v) is 4.20. The molecule has 2 aliphatic heterocycles. The minimum Gasteiger partial charge on any atom is -0.507 e. The molecule has 2 saturated heterocycles. The summed E-state index contributed by atoms with van der Waals surface area (Å²) in [5.41, 5.74) is 3.50. The van der Waals surface area contributed by atoms with E-state index in [-0.39, 0.29) is 11.9 Å². The summed E-state index contributed by atoms with van der Waals surface area (Å²) in [5.74, 6) is 1.14. The standard InChI is InChI=1S/C20H26N4O2/c1-13-10-14(2)20(17(25)11-13)15-4-5-19(22-21-15)24-8-9-26-18-6-7-23(3)12-16(18)24/h4-5,10-11,16,18,25H,6-9,12H2,1-3H3. The fraction of sp³-hybridized carbons (Fsp3) is 0.500. The second-order valence-corrected chi connectivity index (χ2v) is 7.47. The normalized spacial score (nSPS) is 23.7. The third-order valence-electron chi connectivity index (χ3n) is 5.45. The highest BCUT2D eigenvalue weighted by atomic mass is 16.5. The van der Waals surface area contributed by atoms with Crippen LogP contribution < -0.4 is 4.90 Å². The zero-order chi connectivity index (χ0) is 18.3. The van der Waals surface area contributed by atoms with Gasteiger partial charge < -0.3 is 19.6 Å². The molecular formula is C20H26N4O2. The maximum Gasteiger partial charge on any atom is 0.151 e. The van der Waals surface area contributed by atoms with Crippen molar-refractivity contribution in [3.8, 4) is 17.0 Å². The van der Waals surface area contributed by atoms with E-state index in [1.807, 2.05) is 26.0 Å². The van der Waals surface area contributed by atoms with Crippen LogP contribution >= 0.6 is 0 Å². The van der Waals surface area contributed by atoms with Crippen LogP contribution in [0.15, 0.2) is 24.3 Å².